The number of nitrogens with zero attached hydrogens (tertiary/aromatic N) is 4. The van der Waals surface area contributed by atoms with Crippen molar-refractivity contribution < 1.29 is 14.3 Å². The van der Waals surface area contributed by atoms with Crippen LogP contribution in [0.15, 0.2) is 30.6 Å². The molecule has 126 valence electrons. The summed E-state index contributed by atoms with van der Waals surface area (Å²) >= 11 is 0. The number of ether oxygens (including phenoxy) is 1. The normalized spacial score (nSPS) is 14.5. The van der Waals surface area contributed by atoms with Crippen molar-refractivity contribution in [3.05, 3.63) is 41.9 Å². The Labute approximate surface area is 140 Å². The van der Waals surface area contributed by atoms with E-state index in [2.05, 4.69) is 10.1 Å². The zero-order chi connectivity index (χ0) is 16.9. The average Bonchev–Trinajstić information content (AvgIpc) is 3.02. The molecule has 1 saturated heterocycles. The Balaban J connectivity index is 1.63. The average molecular weight is 328 g/mol. The molecule has 1 aliphatic heterocycles. The first-order valence-electron chi connectivity index (χ1n) is 8.08. The van der Waals surface area contributed by atoms with Crippen molar-refractivity contribution in [2.75, 3.05) is 19.7 Å². The third kappa shape index (κ3) is 3.45. The number of rotatable bonds is 4. The maximum absolute atomic E-state index is 12.2. The Kier molecular flexibility index (Phi) is 4.88. The summed E-state index contributed by atoms with van der Waals surface area (Å²) in [5, 5.41) is 4.18. The van der Waals surface area contributed by atoms with Crippen molar-refractivity contribution in [3.8, 4) is 5.82 Å². The molecule has 1 fully saturated rings. The van der Waals surface area contributed by atoms with Gasteiger partial charge in [0.1, 0.15) is 5.56 Å². The summed E-state index contributed by atoms with van der Waals surface area (Å²) < 4.78 is 6.74. The molecule has 0 saturated carbocycles. The van der Waals surface area contributed by atoms with Gasteiger partial charge in [0.05, 0.1) is 11.9 Å². The van der Waals surface area contributed by atoms with E-state index in [-0.39, 0.29) is 12.5 Å². The zero-order valence-electron chi connectivity index (χ0n) is 13.6. The van der Waals surface area contributed by atoms with E-state index in [0.717, 1.165) is 32.4 Å². The van der Waals surface area contributed by atoms with E-state index in [9.17, 15) is 9.59 Å². The van der Waals surface area contributed by atoms with Crippen molar-refractivity contribution >= 4 is 11.9 Å². The highest BCUT2D eigenvalue weighted by Gasteiger charge is 2.21. The van der Waals surface area contributed by atoms with Crippen molar-refractivity contribution in [3.63, 3.8) is 0 Å². The molecule has 0 bridgehead atoms. The Hall–Kier alpha value is -2.70. The van der Waals surface area contributed by atoms with Crippen LogP contribution in [-0.4, -0.2) is 51.2 Å². The van der Waals surface area contributed by atoms with Crippen LogP contribution in [0.2, 0.25) is 0 Å². The molecule has 1 amide bonds. The molecule has 7 heteroatoms. The molecule has 2 aromatic rings. The lowest BCUT2D eigenvalue weighted by molar-refractivity contribution is -0.135. The second kappa shape index (κ2) is 7.25. The van der Waals surface area contributed by atoms with E-state index < -0.39 is 5.97 Å². The van der Waals surface area contributed by atoms with Crippen LogP contribution in [0.25, 0.3) is 5.82 Å². The van der Waals surface area contributed by atoms with E-state index in [0.29, 0.717) is 17.1 Å². The minimum absolute atomic E-state index is 0.141. The van der Waals surface area contributed by atoms with Crippen molar-refractivity contribution in [1.29, 1.82) is 0 Å². The van der Waals surface area contributed by atoms with Crippen LogP contribution >= 0.6 is 0 Å². The molecule has 0 spiro atoms. The number of esters is 1. The third-order valence-corrected chi connectivity index (χ3v) is 4.13. The van der Waals surface area contributed by atoms with Gasteiger partial charge in [0, 0.05) is 19.3 Å². The fraction of sp³-hybridized carbons (Fsp3) is 0.412. The van der Waals surface area contributed by atoms with E-state index in [4.69, 9.17) is 4.74 Å². The van der Waals surface area contributed by atoms with Gasteiger partial charge in [-0.2, -0.15) is 5.10 Å². The maximum atomic E-state index is 12.2. The summed E-state index contributed by atoms with van der Waals surface area (Å²) in [7, 11) is 0. The van der Waals surface area contributed by atoms with Crippen LogP contribution in [0.3, 0.4) is 0 Å². The molecule has 0 aromatic carbocycles. The van der Waals surface area contributed by atoms with E-state index in [1.54, 1.807) is 28.8 Å². The molecule has 24 heavy (non-hydrogen) atoms. The van der Waals surface area contributed by atoms with Gasteiger partial charge in [0.25, 0.3) is 5.91 Å². The Bertz CT molecular complexity index is 721. The number of amides is 1. The minimum Gasteiger partial charge on any atom is -0.452 e. The molecule has 3 heterocycles. The van der Waals surface area contributed by atoms with E-state index in [1.165, 1.54) is 6.20 Å². The quantitative estimate of drug-likeness (QED) is 0.799. The second-order valence-corrected chi connectivity index (χ2v) is 5.76. The monoisotopic (exact) mass is 328 g/mol. The van der Waals surface area contributed by atoms with Gasteiger partial charge < -0.3 is 9.64 Å². The SMILES string of the molecule is Cc1c(C(=O)OCC(=O)N2CCCCC2)cnn1-c1ccccn1. The van der Waals surface area contributed by atoms with Crippen LogP contribution < -0.4 is 0 Å². The summed E-state index contributed by atoms with van der Waals surface area (Å²) in [4.78, 5) is 30.3. The van der Waals surface area contributed by atoms with Crippen molar-refractivity contribution in [2.24, 2.45) is 0 Å². The number of pyridine rings is 1. The topological polar surface area (TPSA) is 77.3 Å². The number of carbonyl (C=O) groups excluding carboxylic acids is 2. The molecule has 0 atom stereocenters. The molecular formula is C17H20N4O3. The standard InChI is InChI=1S/C17H20N4O3/c1-13-14(11-19-21(13)15-7-3-4-8-18-15)17(23)24-12-16(22)20-9-5-2-6-10-20/h3-4,7-8,11H,2,5-6,9-10,12H2,1H3. The molecule has 3 rings (SSSR count). The highest BCUT2D eigenvalue weighted by molar-refractivity contribution is 5.92. The van der Waals surface area contributed by atoms with Gasteiger partial charge in [0.15, 0.2) is 12.4 Å². The number of aromatic nitrogens is 3. The highest BCUT2D eigenvalue weighted by atomic mass is 16.5. The van der Waals surface area contributed by atoms with Crippen LogP contribution in [0.1, 0.15) is 35.3 Å². The highest BCUT2D eigenvalue weighted by Crippen LogP contribution is 2.14. The Morgan fingerprint density at radius 3 is 2.71 bits per heavy atom. The fourth-order valence-electron chi connectivity index (χ4n) is 2.76. The van der Waals surface area contributed by atoms with Crippen LogP contribution in [0.4, 0.5) is 0 Å². The number of carbonyl (C=O) groups is 2. The van der Waals surface area contributed by atoms with Crippen molar-refractivity contribution in [2.45, 2.75) is 26.2 Å². The van der Waals surface area contributed by atoms with E-state index in [1.807, 2.05) is 12.1 Å². The first kappa shape index (κ1) is 16.2. The van der Waals surface area contributed by atoms with Gasteiger partial charge in [-0.15, -0.1) is 0 Å². The van der Waals surface area contributed by atoms with Crippen LogP contribution in [-0.2, 0) is 9.53 Å². The van der Waals surface area contributed by atoms with E-state index >= 15 is 0 Å². The molecule has 0 radical (unpaired) electrons. The summed E-state index contributed by atoms with van der Waals surface area (Å²) in [6.07, 6.45) is 6.27. The number of piperidine rings is 1. The summed E-state index contributed by atoms with van der Waals surface area (Å²) in [6, 6.07) is 5.46. The molecular weight excluding hydrogens is 308 g/mol. The lowest BCUT2D eigenvalue weighted by Crippen LogP contribution is -2.38. The molecule has 0 aliphatic carbocycles. The maximum Gasteiger partial charge on any atom is 0.342 e. The first-order valence-corrected chi connectivity index (χ1v) is 8.08. The summed E-state index contributed by atoms with van der Waals surface area (Å²) in [6.45, 7) is 3.03. The van der Waals surface area contributed by atoms with Gasteiger partial charge in [-0.25, -0.2) is 14.5 Å². The van der Waals surface area contributed by atoms with Gasteiger partial charge in [-0.05, 0) is 38.3 Å². The first-order chi connectivity index (χ1) is 11.7. The smallest absolute Gasteiger partial charge is 0.342 e. The minimum atomic E-state index is -0.542. The summed E-state index contributed by atoms with van der Waals surface area (Å²) in [5.41, 5.74) is 0.969. The van der Waals surface area contributed by atoms with Crippen molar-refractivity contribution in [1.82, 2.24) is 19.7 Å². The summed E-state index contributed by atoms with van der Waals surface area (Å²) in [5.74, 6) is -0.0590. The second-order valence-electron chi connectivity index (χ2n) is 5.76. The van der Waals surface area contributed by atoms with Crippen LogP contribution in [0.5, 0.6) is 0 Å². The molecule has 0 N–H and O–H groups in total. The van der Waals surface area contributed by atoms with Gasteiger partial charge in [-0.3, -0.25) is 4.79 Å². The Morgan fingerprint density at radius 2 is 2.00 bits per heavy atom. The number of likely N-dealkylation sites (tertiary alicyclic amines) is 1. The molecule has 2 aromatic heterocycles. The fourth-order valence-corrected chi connectivity index (χ4v) is 2.76. The predicted octanol–water partition coefficient (Wildman–Crippen LogP) is 1.75. The third-order valence-electron chi connectivity index (χ3n) is 4.13. The molecule has 1 aliphatic rings. The molecule has 7 nitrogen and oxygen atoms in total. The van der Waals surface area contributed by atoms with Gasteiger partial charge in [0.2, 0.25) is 0 Å². The zero-order valence-corrected chi connectivity index (χ0v) is 13.6. The largest absolute Gasteiger partial charge is 0.452 e. The number of hydrogen-bond acceptors (Lipinski definition) is 5. The number of hydrogen-bond donors (Lipinski definition) is 0. The predicted molar refractivity (Wildman–Crippen MR) is 86.8 cm³/mol. The van der Waals surface area contributed by atoms with Gasteiger partial charge >= 0.3 is 5.97 Å². The van der Waals surface area contributed by atoms with Gasteiger partial charge in [-0.1, -0.05) is 6.07 Å². The Morgan fingerprint density at radius 1 is 1.21 bits per heavy atom. The van der Waals surface area contributed by atoms with Crippen LogP contribution in [0, 0.1) is 6.92 Å². The lowest BCUT2D eigenvalue weighted by atomic mass is 10.1. The molecule has 0 unspecified atom stereocenters. The lowest BCUT2D eigenvalue weighted by Gasteiger charge is -2.26.